The van der Waals surface area contributed by atoms with Gasteiger partial charge >= 0.3 is 0 Å². The Kier molecular flexibility index (Phi) is 3.32. The van der Waals surface area contributed by atoms with E-state index in [-0.39, 0.29) is 0 Å². The van der Waals surface area contributed by atoms with Gasteiger partial charge in [0.2, 0.25) is 0 Å². The molecule has 0 spiro atoms. The number of hydrogen-bond donors (Lipinski definition) is 1. The molecule has 1 aliphatic carbocycles. The molecule has 106 valence electrons. The van der Waals surface area contributed by atoms with E-state index >= 15 is 0 Å². The summed E-state index contributed by atoms with van der Waals surface area (Å²) in [5, 5.41) is 5.34. The summed E-state index contributed by atoms with van der Waals surface area (Å²) in [7, 11) is 0. The minimum atomic E-state index is 0.356. The highest BCUT2D eigenvalue weighted by Gasteiger charge is 2.20. The van der Waals surface area contributed by atoms with Gasteiger partial charge in [0.1, 0.15) is 0 Å². The first-order valence-electron chi connectivity index (χ1n) is 7.20. The van der Waals surface area contributed by atoms with Gasteiger partial charge in [-0.1, -0.05) is 53.3 Å². The maximum atomic E-state index is 6.24. The van der Waals surface area contributed by atoms with Crippen LogP contribution in [0.25, 0.3) is 10.2 Å². The van der Waals surface area contributed by atoms with Crippen LogP contribution in [0.15, 0.2) is 42.5 Å². The van der Waals surface area contributed by atoms with E-state index in [4.69, 9.17) is 11.6 Å². The van der Waals surface area contributed by atoms with Gasteiger partial charge in [0.25, 0.3) is 0 Å². The number of benzene rings is 2. The number of thiazole rings is 1. The molecule has 0 radical (unpaired) electrons. The number of nitrogens with zero attached hydrogens (tertiary/aromatic N) is 1. The van der Waals surface area contributed by atoms with Crippen molar-refractivity contribution in [2.24, 2.45) is 0 Å². The number of nitrogens with one attached hydrogen (secondary N) is 1. The molecule has 0 fully saturated rings. The Balaban J connectivity index is 1.68. The second-order valence-electron chi connectivity index (χ2n) is 5.40. The maximum Gasteiger partial charge on any atom is 0.184 e. The SMILES string of the molecule is Clc1cccc2nc(NC3CCCc4ccccc43)sc12. The maximum absolute atomic E-state index is 6.24. The average molecular weight is 315 g/mol. The van der Waals surface area contributed by atoms with E-state index in [1.54, 1.807) is 11.3 Å². The number of aryl methyl sites for hydroxylation is 1. The Bertz CT molecular complexity index is 796. The third kappa shape index (κ3) is 2.41. The van der Waals surface area contributed by atoms with Gasteiger partial charge in [-0.2, -0.15) is 0 Å². The van der Waals surface area contributed by atoms with Crippen molar-refractivity contribution in [1.29, 1.82) is 0 Å². The lowest BCUT2D eigenvalue weighted by molar-refractivity contribution is 0.600. The summed E-state index contributed by atoms with van der Waals surface area (Å²) >= 11 is 7.87. The Morgan fingerprint density at radius 1 is 1.14 bits per heavy atom. The molecule has 4 rings (SSSR count). The number of rotatable bonds is 2. The van der Waals surface area contributed by atoms with Crippen LogP contribution in [0.2, 0.25) is 5.02 Å². The molecule has 1 N–H and O–H groups in total. The summed E-state index contributed by atoms with van der Waals surface area (Å²) in [5.41, 5.74) is 3.84. The zero-order valence-corrected chi connectivity index (χ0v) is 13.0. The summed E-state index contributed by atoms with van der Waals surface area (Å²) < 4.78 is 1.06. The zero-order valence-electron chi connectivity index (χ0n) is 11.5. The number of aromatic nitrogens is 1. The molecule has 1 unspecified atom stereocenters. The van der Waals surface area contributed by atoms with E-state index in [9.17, 15) is 0 Å². The van der Waals surface area contributed by atoms with Crippen molar-refractivity contribution in [3.05, 3.63) is 58.6 Å². The van der Waals surface area contributed by atoms with Crippen LogP contribution < -0.4 is 5.32 Å². The lowest BCUT2D eigenvalue weighted by Gasteiger charge is -2.26. The van der Waals surface area contributed by atoms with E-state index in [1.807, 2.05) is 18.2 Å². The molecular formula is C17H15ClN2S. The molecule has 0 aliphatic heterocycles. The molecule has 0 bridgehead atoms. The second kappa shape index (κ2) is 5.32. The highest BCUT2D eigenvalue weighted by atomic mass is 35.5. The van der Waals surface area contributed by atoms with Gasteiger partial charge in [0.05, 0.1) is 21.3 Å². The molecule has 1 heterocycles. The van der Waals surface area contributed by atoms with Gasteiger partial charge in [-0.25, -0.2) is 4.98 Å². The van der Waals surface area contributed by atoms with Crippen molar-refractivity contribution in [3.63, 3.8) is 0 Å². The van der Waals surface area contributed by atoms with E-state index < -0.39 is 0 Å². The van der Waals surface area contributed by atoms with Gasteiger partial charge in [-0.15, -0.1) is 0 Å². The standard InChI is InChI=1S/C17H15ClN2S/c18-13-8-4-10-15-16(13)21-17(20-15)19-14-9-3-6-11-5-1-2-7-12(11)14/h1-2,4-5,7-8,10,14H,3,6,9H2,(H,19,20). The number of halogens is 1. The van der Waals surface area contributed by atoms with Gasteiger partial charge in [-0.05, 0) is 42.5 Å². The van der Waals surface area contributed by atoms with Crippen LogP contribution in [0.3, 0.4) is 0 Å². The molecule has 2 aromatic carbocycles. The Morgan fingerprint density at radius 3 is 2.95 bits per heavy atom. The highest BCUT2D eigenvalue weighted by Crippen LogP contribution is 2.36. The lowest BCUT2D eigenvalue weighted by atomic mass is 9.88. The van der Waals surface area contributed by atoms with Crippen LogP contribution in [-0.4, -0.2) is 4.98 Å². The molecule has 1 atom stereocenters. The van der Waals surface area contributed by atoms with Gasteiger partial charge in [0, 0.05) is 0 Å². The summed E-state index contributed by atoms with van der Waals surface area (Å²) in [4.78, 5) is 4.66. The zero-order chi connectivity index (χ0) is 14.2. The van der Waals surface area contributed by atoms with Crippen molar-refractivity contribution in [3.8, 4) is 0 Å². The van der Waals surface area contributed by atoms with Crippen LogP contribution in [0.4, 0.5) is 5.13 Å². The monoisotopic (exact) mass is 314 g/mol. The van der Waals surface area contributed by atoms with Crippen molar-refractivity contribution in [1.82, 2.24) is 4.98 Å². The summed E-state index contributed by atoms with van der Waals surface area (Å²) in [5.74, 6) is 0. The van der Waals surface area contributed by atoms with Crippen LogP contribution in [0, 0.1) is 0 Å². The van der Waals surface area contributed by atoms with Crippen molar-refractivity contribution in [2.45, 2.75) is 25.3 Å². The van der Waals surface area contributed by atoms with E-state index in [2.05, 4.69) is 34.6 Å². The smallest absolute Gasteiger partial charge is 0.184 e. The highest BCUT2D eigenvalue weighted by molar-refractivity contribution is 7.22. The molecule has 0 saturated carbocycles. The number of fused-ring (bicyclic) bond motifs is 2. The first-order valence-corrected chi connectivity index (χ1v) is 8.40. The van der Waals surface area contributed by atoms with E-state index in [0.29, 0.717) is 6.04 Å². The molecule has 4 heteroatoms. The molecule has 2 nitrogen and oxygen atoms in total. The van der Waals surface area contributed by atoms with Gasteiger partial charge in [-0.3, -0.25) is 0 Å². The minimum absolute atomic E-state index is 0.356. The van der Waals surface area contributed by atoms with E-state index in [1.165, 1.54) is 24.0 Å². The predicted octanol–water partition coefficient (Wildman–Crippen LogP) is 5.44. The van der Waals surface area contributed by atoms with Crippen LogP contribution >= 0.6 is 22.9 Å². The molecule has 21 heavy (non-hydrogen) atoms. The van der Waals surface area contributed by atoms with Crippen LogP contribution in [0.1, 0.15) is 30.0 Å². The first kappa shape index (κ1) is 13.1. The Hall–Kier alpha value is -1.58. The molecule has 0 amide bonds. The number of hydrogen-bond acceptors (Lipinski definition) is 3. The first-order chi connectivity index (χ1) is 10.3. The summed E-state index contributed by atoms with van der Waals surface area (Å²) in [6.07, 6.45) is 3.56. The van der Waals surface area contributed by atoms with Gasteiger partial charge < -0.3 is 5.32 Å². The minimum Gasteiger partial charge on any atom is -0.355 e. The molecule has 0 saturated heterocycles. The van der Waals surface area contributed by atoms with Crippen LogP contribution in [-0.2, 0) is 6.42 Å². The van der Waals surface area contributed by atoms with Gasteiger partial charge in [0.15, 0.2) is 5.13 Å². The van der Waals surface area contributed by atoms with Crippen LogP contribution in [0.5, 0.6) is 0 Å². The molecule has 3 aromatic rings. The fourth-order valence-corrected chi connectivity index (χ4v) is 4.24. The third-order valence-corrected chi connectivity index (χ3v) is 5.50. The quantitative estimate of drug-likeness (QED) is 0.681. The van der Waals surface area contributed by atoms with Crippen molar-refractivity contribution >= 4 is 38.3 Å². The topological polar surface area (TPSA) is 24.9 Å². The third-order valence-electron chi connectivity index (χ3n) is 4.03. The fourth-order valence-electron chi connectivity index (χ4n) is 3.03. The second-order valence-corrected chi connectivity index (χ2v) is 6.80. The Labute approximate surface area is 132 Å². The lowest BCUT2D eigenvalue weighted by Crippen LogP contribution is -2.17. The predicted molar refractivity (Wildman–Crippen MR) is 90.4 cm³/mol. The number of anilines is 1. The largest absolute Gasteiger partial charge is 0.355 e. The summed E-state index contributed by atoms with van der Waals surface area (Å²) in [6, 6.07) is 14.9. The molecule has 1 aromatic heterocycles. The molecular weight excluding hydrogens is 300 g/mol. The van der Waals surface area contributed by atoms with E-state index in [0.717, 1.165) is 26.8 Å². The molecule has 1 aliphatic rings. The Morgan fingerprint density at radius 2 is 2.05 bits per heavy atom. The summed E-state index contributed by atoms with van der Waals surface area (Å²) in [6.45, 7) is 0. The average Bonchev–Trinajstić information content (AvgIpc) is 2.92. The van der Waals surface area contributed by atoms with Crippen molar-refractivity contribution < 1.29 is 0 Å². The normalized spacial score (nSPS) is 17.7. The fraction of sp³-hybridized carbons (Fsp3) is 0.235. The van der Waals surface area contributed by atoms with Crippen molar-refractivity contribution in [2.75, 3.05) is 5.32 Å².